The average Bonchev–Trinajstić information content (AvgIpc) is 0.914. The molecule has 0 aromatic heterocycles. The van der Waals surface area contributed by atoms with Crippen molar-refractivity contribution in [1.82, 2.24) is 0 Å². The molecule has 0 bridgehead atoms. The molecule has 3 N–H and O–H groups in total. The van der Waals surface area contributed by atoms with E-state index in [-0.39, 0.29) is 25.7 Å². The highest BCUT2D eigenvalue weighted by molar-refractivity contribution is 7.47. The Balaban J connectivity index is 5.23. The molecule has 6 atom stereocenters. The van der Waals surface area contributed by atoms with Gasteiger partial charge in [0.25, 0.3) is 0 Å². The predicted octanol–water partition coefficient (Wildman–Crippen LogP) is 25.6. The fraction of sp³-hybridized carbons (Fsp3) is 0.953. The van der Waals surface area contributed by atoms with E-state index in [0.717, 1.165) is 120 Å². The first kappa shape index (κ1) is 102. The number of carbonyl (C=O) groups excluding carboxylic acids is 4. The second-order valence-corrected chi connectivity index (χ2v) is 35.2. The number of aliphatic hydroxyl groups is 1. The summed E-state index contributed by atoms with van der Waals surface area (Å²) in [6, 6.07) is 0. The Morgan fingerprint density at radius 3 is 0.683 bits per heavy atom. The topological polar surface area (TPSA) is 237 Å². The molecule has 3 unspecified atom stereocenters. The zero-order valence-corrected chi connectivity index (χ0v) is 70.5. The molecule has 0 fully saturated rings. The van der Waals surface area contributed by atoms with Crippen LogP contribution in [0, 0.1) is 23.7 Å². The van der Waals surface area contributed by atoms with Crippen LogP contribution in [0.2, 0.25) is 0 Å². The monoisotopic (exact) mass is 1520 g/mol. The van der Waals surface area contributed by atoms with Gasteiger partial charge in [-0.2, -0.15) is 0 Å². The van der Waals surface area contributed by atoms with Gasteiger partial charge in [-0.3, -0.25) is 37.3 Å². The van der Waals surface area contributed by atoms with E-state index in [1.165, 1.54) is 238 Å². The Bertz CT molecular complexity index is 2030. The standard InChI is InChI=1S/C85H166O17P2/c1-9-78(8)64-56-48-43-44-50-58-66-83(88)96-72-81(102-85(90)68-60-52-42-36-30-24-27-33-39-47-55-63-77(6)7)74-100-104(93,94)98-70-79(86)69-97-103(91,92)99-73-80(71-95-82(87)65-57-49-40-34-28-22-18-15-14-17-21-26-32-38-46-54-62-76(4)5)101-84(89)67-59-51-41-35-29-23-19-13-11-10-12-16-20-25-31-37-45-53-61-75(2)3/h75-81,86H,9-74H2,1-8H3,(H,91,92)(H,93,94)/t78?,79-,80-,81-/m1/s1. The van der Waals surface area contributed by atoms with Crippen LogP contribution in [0.25, 0.3) is 0 Å². The summed E-state index contributed by atoms with van der Waals surface area (Å²) < 4.78 is 68.8. The molecule has 0 saturated heterocycles. The van der Waals surface area contributed by atoms with Crippen LogP contribution in [0.1, 0.15) is 441 Å². The molecule has 0 radical (unpaired) electrons. The predicted molar refractivity (Wildman–Crippen MR) is 428 cm³/mol. The number of hydrogen-bond donors (Lipinski definition) is 3. The second kappa shape index (κ2) is 73.8. The van der Waals surface area contributed by atoms with Crippen LogP contribution < -0.4 is 0 Å². The smallest absolute Gasteiger partial charge is 0.462 e. The lowest BCUT2D eigenvalue weighted by Crippen LogP contribution is -2.30. The summed E-state index contributed by atoms with van der Waals surface area (Å²) in [5, 5.41) is 10.7. The first-order valence-electron chi connectivity index (χ1n) is 43.7. The molecule has 0 spiro atoms. The number of aliphatic hydroxyl groups excluding tert-OH is 1. The zero-order valence-electron chi connectivity index (χ0n) is 68.7. The van der Waals surface area contributed by atoms with E-state index in [2.05, 4.69) is 55.4 Å². The van der Waals surface area contributed by atoms with Gasteiger partial charge in [-0.1, -0.05) is 389 Å². The van der Waals surface area contributed by atoms with E-state index in [1.807, 2.05) is 0 Å². The van der Waals surface area contributed by atoms with E-state index >= 15 is 0 Å². The highest BCUT2D eigenvalue weighted by Gasteiger charge is 2.30. The lowest BCUT2D eigenvalue weighted by molar-refractivity contribution is -0.161. The molecule has 17 nitrogen and oxygen atoms in total. The van der Waals surface area contributed by atoms with Crippen molar-refractivity contribution in [3.05, 3.63) is 0 Å². The lowest BCUT2D eigenvalue weighted by atomic mass is 10.00. The molecule has 0 heterocycles. The van der Waals surface area contributed by atoms with E-state index in [4.69, 9.17) is 37.0 Å². The van der Waals surface area contributed by atoms with Crippen LogP contribution in [-0.4, -0.2) is 96.7 Å². The van der Waals surface area contributed by atoms with Crippen molar-refractivity contribution in [2.45, 2.75) is 459 Å². The molecule has 618 valence electrons. The Morgan fingerprint density at radius 2 is 0.462 bits per heavy atom. The summed E-state index contributed by atoms with van der Waals surface area (Å²) >= 11 is 0. The first-order chi connectivity index (χ1) is 50.1. The van der Waals surface area contributed by atoms with E-state index in [9.17, 15) is 43.2 Å². The normalized spacial score (nSPS) is 14.2. The molecule has 0 aromatic carbocycles. The summed E-state index contributed by atoms with van der Waals surface area (Å²) in [6.45, 7) is 14.3. The molecule has 0 aromatic rings. The molecule has 0 amide bonds. The molecule has 0 aliphatic rings. The van der Waals surface area contributed by atoms with Crippen LogP contribution in [0.15, 0.2) is 0 Å². The minimum atomic E-state index is -4.97. The van der Waals surface area contributed by atoms with Crippen molar-refractivity contribution >= 4 is 39.5 Å². The Morgan fingerprint density at radius 1 is 0.269 bits per heavy atom. The third-order valence-electron chi connectivity index (χ3n) is 20.2. The van der Waals surface area contributed by atoms with Gasteiger partial charge < -0.3 is 33.8 Å². The maximum absolute atomic E-state index is 13.1. The van der Waals surface area contributed by atoms with Gasteiger partial charge in [-0.15, -0.1) is 0 Å². The van der Waals surface area contributed by atoms with Gasteiger partial charge in [-0.25, -0.2) is 9.13 Å². The summed E-state index contributed by atoms with van der Waals surface area (Å²) in [6.07, 6.45) is 62.6. The van der Waals surface area contributed by atoms with Crippen molar-refractivity contribution in [3.8, 4) is 0 Å². The molecule has 0 rings (SSSR count). The minimum absolute atomic E-state index is 0.105. The zero-order chi connectivity index (χ0) is 76.7. The third kappa shape index (κ3) is 76.8. The molecular weight excluding hydrogens is 1350 g/mol. The number of phosphoric ester groups is 2. The average molecular weight is 1520 g/mol. The fourth-order valence-electron chi connectivity index (χ4n) is 13.1. The molecular formula is C85H166O17P2. The van der Waals surface area contributed by atoms with Crippen molar-refractivity contribution in [2.75, 3.05) is 39.6 Å². The number of unbranched alkanes of at least 4 members (excludes halogenated alkanes) is 47. The summed E-state index contributed by atoms with van der Waals surface area (Å²) in [5.74, 6) is 1.02. The van der Waals surface area contributed by atoms with Gasteiger partial charge >= 0.3 is 39.5 Å². The lowest BCUT2D eigenvalue weighted by Gasteiger charge is -2.21. The number of carbonyl (C=O) groups is 4. The van der Waals surface area contributed by atoms with Crippen molar-refractivity contribution in [3.63, 3.8) is 0 Å². The minimum Gasteiger partial charge on any atom is -0.462 e. The van der Waals surface area contributed by atoms with Gasteiger partial charge in [0, 0.05) is 25.7 Å². The molecule has 19 heteroatoms. The van der Waals surface area contributed by atoms with Crippen LogP contribution in [0.3, 0.4) is 0 Å². The van der Waals surface area contributed by atoms with E-state index < -0.39 is 97.5 Å². The molecule has 0 aliphatic heterocycles. The van der Waals surface area contributed by atoms with Crippen LogP contribution in [0.5, 0.6) is 0 Å². The van der Waals surface area contributed by atoms with Gasteiger partial charge in [0.15, 0.2) is 12.2 Å². The third-order valence-corrected chi connectivity index (χ3v) is 22.1. The maximum Gasteiger partial charge on any atom is 0.472 e. The number of ether oxygens (including phenoxy) is 4. The van der Waals surface area contributed by atoms with Crippen LogP contribution in [-0.2, 0) is 65.4 Å². The van der Waals surface area contributed by atoms with E-state index in [0.29, 0.717) is 25.7 Å². The highest BCUT2D eigenvalue weighted by Crippen LogP contribution is 2.45. The van der Waals surface area contributed by atoms with Crippen molar-refractivity contribution < 1.29 is 80.2 Å². The largest absolute Gasteiger partial charge is 0.472 e. The Kier molecular flexibility index (Phi) is 72.5. The summed E-state index contributed by atoms with van der Waals surface area (Å²) in [4.78, 5) is 73.2. The number of hydrogen-bond acceptors (Lipinski definition) is 15. The van der Waals surface area contributed by atoms with E-state index in [1.54, 1.807) is 0 Å². The van der Waals surface area contributed by atoms with Gasteiger partial charge in [0.05, 0.1) is 26.4 Å². The van der Waals surface area contributed by atoms with Gasteiger partial charge in [0.1, 0.15) is 19.3 Å². The highest BCUT2D eigenvalue weighted by atomic mass is 31.2. The van der Waals surface area contributed by atoms with Crippen LogP contribution >= 0.6 is 15.6 Å². The second-order valence-electron chi connectivity index (χ2n) is 32.2. The number of rotatable bonds is 82. The van der Waals surface area contributed by atoms with Crippen molar-refractivity contribution in [2.24, 2.45) is 23.7 Å². The van der Waals surface area contributed by atoms with Gasteiger partial charge in [0.2, 0.25) is 0 Å². The van der Waals surface area contributed by atoms with Gasteiger partial charge in [-0.05, 0) is 49.4 Å². The number of phosphoric acid groups is 2. The Hall–Kier alpha value is -1.94. The molecule has 0 saturated carbocycles. The summed E-state index contributed by atoms with van der Waals surface area (Å²) in [7, 11) is -9.93. The number of esters is 4. The molecule has 0 aliphatic carbocycles. The van der Waals surface area contributed by atoms with Crippen molar-refractivity contribution in [1.29, 1.82) is 0 Å². The quantitative estimate of drug-likeness (QED) is 0.0222. The van der Waals surface area contributed by atoms with Crippen LogP contribution in [0.4, 0.5) is 0 Å². The maximum atomic E-state index is 13.1. The molecule has 104 heavy (non-hydrogen) atoms. The first-order valence-corrected chi connectivity index (χ1v) is 46.7. The SMILES string of the molecule is CCC(C)CCCCCCCCC(=O)OC[C@H](COP(=O)(O)OC[C@H](O)COP(=O)(O)OC[C@@H](COC(=O)CCCCCCCCCCCCCCCCCCC(C)C)OC(=O)CCCCCCCCCCCCCCCCCCCCC(C)C)OC(=O)CCCCCCCCCCCCCC(C)C. The summed E-state index contributed by atoms with van der Waals surface area (Å²) in [5.41, 5.74) is 0. The fourth-order valence-corrected chi connectivity index (χ4v) is 14.7. The Labute approximate surface area is 638 Å².